The van der Waals surface area contributed by atoms with Gasteiger partial charge in [-0.2, -0.15) is 0 Å². The van der Waals surface area contributed by atoms with Gasteiger partial charge in [-0.3, -0.25) is 4.99 Å². The second-order valence-electron chi connectivity index (χ2n) is 4.72. The largest absolute Gasteiger partial charge is 0.386 e. The molecule has 1 unspecified atom stereocenters. The molecule has 19 heavy (non-hydrogen) atoms. The molecule has 0 saturated heterocycles. The molecule has 2 rings (SSSR count). The molecular weight excluding hydrogens is 269 g/mol. The van der Waals surface area contributed by atoms with Crippen LogP contribution in [0.2, 0.25) is 5.02 Å². The van der Waals surface area contributed by atoms with Crippen LogP contribution in [-0.2, 0) is 0 Å². The van der Waals surface area contributed by atoms with Crippen LogP contribution in [0.15, 0.2) is 23.2 Å². The molecule has 0 aromatic heterocycles. The summed E-state index contributed by atoms with van der Waals surface area (Å²) in [6.45, 7) is 0.0747. The van der Waals surface area contributed by atoms with Crippen LogP contribution in [0, 0.1) is 5.82 Å². The maximum atomic E-state index is 13.1. The lowest BCUT2D eigenvalue weighted by Gasteiger charge is -2.26. The Labute approximate surface area is 116 Å². The second kappa shape index (κ2) is 6.21. The quantitative estimate of drug-likeness (QED) is 0.585. The van der Waals surface area contributed by atoms with Gasteiger partial charge in [0.15, 0.2) is 5.96 Å². The van der Waals surface area contributed by atoms with Crippen molar-refractivity contribution in [1.29, 1.82) is 0 Å². The first-order valence-electron chi connectivity index (χ1n) is 6.25. The third-order valence-corrected chi connectivity index (χ3v) is 3.38. The highest BCUT2D eigenvalue weighted by Gasteiger charge is 2.17. The van der Waals surface area contributed by atoms with Gasteiger partial charge in [-0.25, -0.2) is 4.39 Å². The van der Waals surface area contributed by atoms with Crippen molar-refractivity contribution in [2.24, 2.45) is 10.7 Å². The van der Waals surface area contributed by atoms with E-state index < -0.39 is 11.9 Å². The molecule has 0 heterocycles. The summed E-state index contributed by atoms with van der Waals surface area (Å²) in [5.74, 6) is -0.169. The van der Waals surface area contributed by atoms with E-state index in [1.165, 1.54) is 24.6 Å². The van der Waals surface area contributed by atoms with Crippen molar-refractivity contribution in [2.75, 3.05) is 6.54 Å². The van der Waals surface area contributed by atoms with Gasteiger partial charge in [-0.05, 0) is 43.0 Å². The van der Waals surface area contributed by atoms with Crippen LogP contribution in [0.1, 0.15) is 30.9 Å². The van der Waals surface area contributed by atoms with Crippen molar-refractivity contribution in [3.8, 4) is 0 Å². The number of aliphatic hydroxyl groups is 1. The molecule has 1 fully saturated rings. The van der Waals surface area contributed by atoms with Gasteiger partial charge in [0.05, 0.1) is 12.6 Å². The van der Waals surface area contributed by atoms with Crippen molar-refractivity contribution in [3.63, 3.8) is 0 Å². The predicted molar refractivity (Wildman–Crippen MR) is 73.6 cm³/mol. The first-order valence-corrected chi connectivity index (χ1v) is 6.63. The van der Waals surface area contributed by atoms with E-state index in [1.54, 1.807) is 0 Å². The first kappa shape index (κ1) is 14.1. The molecule has 6 heteroatoms. The van der Waals surface area contributed by atoms with Gasteiger partial charge >= 0.3 is 0 Å². The Balaban J connectivity index is 1.92. The molecule has 1 atom stereocenters. The number of nitrogens with zero attached hydrogens (tertiary/aromatic N) is 1. The van der Waals surface area contributed by atoms with Crippen LogP contribution >= 0.6 is 11.6 Å². The minimum atomic E-state index is -0.921. The van der Waals surface area contributed by atoms with Gasteiger partial charge in [-0.1, -0.05) is 11.6 Å². The van der Waals surface area contributed by atoms with Crippen molar-refractivity contribution < 1.29 is 9.50 Å². The third kappa shape index (κ3) is 4.08. The minimum Gasteiger partial charge on any atom is -0.386 e. The number of hydrogen-bond acceptors (Lipinski definition) is 2. The fourth-order valence-corrected chi connectivity index (χ4v) is 2.10. The van der Waals surface area contributed by atoms with Crippen molar-refractivity contribution >= 4 is 17.6 Å². The molecule has 0 amide bonds. The van der Waals surface area contributed by atoms with Crippen molar-refractivity contribution in [1.82, 2.24) is 5.32 Å². The zero-order valence-electron chi connectivity index (χ0n) is 10.4. The summed E-state index contributed by atoms with van der Waals surface area (Å²) in [5.41, 5.74) is 6.09. The van der Waals surface area contributed by atoms with Gasteiger partial charge in [-0.15, -0.1) is 0 Å². The molecule has 0 spiro atoms. The average Bonchev–Trinajstić information content (AvgIpc) is 2.29. The van der Waals surface area contributed by atoms with E-state index in [-0.39, 0.29) is 11.6 Å². The Morgan fingerprint density at radius 3 is 2.84 bits per heavy atom. The minimum absolute atomic E-state index is 0.0747. The zero-order valence-corrected chi connectivity index (χ0v) is 11.2. The lowest BCUT2D eigenvalue weighted by molar-refractivity contribution is 0.186. The van der Waals surface area contributed by atoms with Crippen LogP contribution in [0.5, 0.6) is 0 Å². The lowest BCUT2D eigenvalue weighted by Crippen LogP contribution is -2.43. The highest BCUT2D eigenvalue weighted by Crippen LogP contribution is 2.20. The molecule has 104 valence electrons. The molecule has 0 radical (unpaired) electrons. The normalized spacial score (nSPS) is 17.9. The summed E-state index contributed by atoms with van der Waals surface area (Å²) >= 11 is 5.73. The number of guanidine groups is 1. The van der Waals surface area contributed by atoms with E-state index in [9.17, 15) is 9.50 Å². The molecule has 1 aromatic carbocycles. The molecule has 0 bridgehead atoms. The highest BCUT2D eigenvalue weighted by atomic mass is 35.5. The Hall–Kier alpha value is -1.33. The summed E-state index contributed by atoms with van der Waals surface area (Å²) in [4.78, 5) is 4.05. The topological polar surface area (TPSA) is 70.6 Å². The molecule has 1 aliphatic rings. The monoisotopic (exact) mass is 285 g/mol. The highest BCUT2D eigenvalue weighted by molar-refractivity contribution is 6.30. The molecule has 4 N–H and O–H groups in total. The number of aliphatic hydroxyl groups excluding tert-OH is 1. The van der Waals surface area contributed by atoms with Crippen LogP contribution in [-0.4, -0.2) is 23.7 Å². The third-order valence-electron chi connectivity index (χ3n) is 3.16. The fourth-order valence-electron chi connectivity index (χ4n) is 1.87. The Kier molecular flexibility index (Phi) is 4.61. The maximum absolute atomic E-state index is 13.1. The zero-order chi connectivity index (χ0) is 13.8. The van der Waals surface area contributed by atoms with E-state index in [1.807, 2.05) is 0 Å². The average molecular weight is 286 g/mol. The van der Waals surface area contributed by atoms with Gasteiger partial charge in [0.25, 0.3) is 0 Å². The number of nitrogens with two attached hydrogens (primary N) is 1. The molecule has 4 nitrogen and oxygen atoms in total. The van der Waals surface area contributed by atoms with Gasteiger partial charge in [0.1, 0.15) is 5.82 Å². The van der Waals surface area contributed by atoms with E-state index in [0.29, 0.717) is 17.6 Å². The number of nitrogens with one attached hydrogen (secondary N) is 1. The maximum Gasteiger partial charge on any atom is 0.188 e. The molecular formula is C13H17ClFN3O. The van der Waals surface area contributed by atoms with Crippen LogP contribution < -0.4 is 11.1 Å². The van der Waals surface area contributed by atoms with Gasteiger partial charge in [0.2, 0.25) is 0 Å². The Morgan fingerprint density at radius 1 is 1.53 bits per heavy atom. The number of halogens is 2. The second-order valence-corrected chi connectivity index (χ2v) is 5.15. The number of aliphatic imine (C=N–C) groups is 1. The van der Waals surface area contributed by atoms with Crippen LogP contribution in [0.25, 0.3) is 0 Å². The van der Waals surface area contributed by atoms with E-state index in [0.717, 1.165) is 12.8 Å². The SMILES string of the molecule is NC(=NCC(O)c1cc(F)cc(Cl)c1)NC1CCC1. The standard InChI is InChI=1S/C13H17ClFN3O/c14-9-4-8(5-10(15)6-9)12(19)7-17-13(16)18-11-2-1-3-11/h4-6,11-12,19H,1-3,7H2,(H3,16,17,18). The Morgan fingerprint density at radius 2 is 2.26 bits per heavy atom. The summed E-state index contributed by atoms with van der Waals surface area (Å²) in [5, 5.41) is 13.2. The van der Waals surface area contributed by atoms with Crippen molar-refractivity contribution in [2.45, 2.75) is 31.4 Å². The van der Waals surface area contributed by atoms with Crippen molar-refractivity contribution in [3.05, 3.63) is 34.6 Å². The summed E-state index contributed by atoms with van der Waals surface area (Å²) in [6, 6.07) is 4.33. The molecule has 1 aliphatic carbocycles. The van der Waals surface area contributed by atoms with Gasteiger partial charge in [0, 0.05) is 11.1 Å². The molecule has 0 aliphatic heterocycles. The fraction of sp³-hybridized carbons (Fsp3) is 0.462. The van der Waals surface area contributed by atoms with Crippen LogP contribution in [0.4, 0.5) is 4.39 Å². The van der Waals surface area contributed by atoms with Gasteiger partial charge < -0.3 is 16.2 Å². The predicted octanol–water partition coefficient (Wildman–Crippen LogP) is 1.97. The number of hydrogen-bond donors (Lipinski definition) is 3. The summed E-state index contributed by atoms with van der Waals surface area (Å²) in [6.07, 6.45) is 2.47. The van der Waals surface area contributed by atoms with E-state index in [2.05, 4.69) is 10.3 Å². The molecule has 1 aromatic rings. The first-order chi connectivity index (χ1) is 9.04. The number of rotatable bonds is 4. The lowest BCUT2D eigenvalue weighted by atomic mass is 9.93. The van der Waals surface area contributed by atoms with Crippen LogP contribution in [0.3, 0.4) is 0 Å². The summed E-state index contributed by atoms with van der Waals surface area (Å²) < 4.78 is 13.1. The smallest absolute Gasteiger partial charge is 0.188 e. The number of benzene rings is 1. The molecule has 1 saturated carbocycles. The Bertz CT molecular complexity index is 457. The van der Waals surface area contributed by atoms with E-state index in [4.69, 9.17) is 17.3 Å². The van der Waals surface area contributed by atoms with E-state index >= 15 is 0 Å². The summed E-state index contributed by atoms with van der Waals surface area (Å²) in [7, 11) is 0.